The topological polar surface area (TPSA) is 32.3 Å². The number of rotatable bonds is 4. The number of nitrogens with one attached hydrogen (secondary N) is 1. The Morgan fingerprint density at radius 2 is 2.29 bits per heavy atom. The number of benzene rings is 1. The molecule has 0 saturated carbocycles. The average Bonchev–Trinajstić information content (AvgIpc) is 2.18. The molecule has 0 aliphatic heterocycles. The van der Waals surface area contributed by atoms with Gasteiger partial charge < -0.3 is 10.4 Å². The summed E-state index contributed by atoms with van der Waals surface area (Å²) >= 11 is 5.55. The van der Waals surface area contributed by atoms with Crippen molar-refractivity contribution >= 4 is 11.6 Å². The molecule has 2 N–H and O–H groups in total. The summed E-state index contributed by atoms with van der Waals surface area (Å²) in [5.41, 5.74) is 0.820. The molecule has 14 heavy (non-hydrogen) atoms. The molecule has 0 spiro atoms. The molecule has 2 nitrogen and oxygen atoms in total. The highest BCUT2D eigenvalue weighted by molar-refractivity contribution is 6.30. The van der Waals surface area contributed by atoms with Crippen molar-refractivity contribution in [2.75, 3.05) is 13.2 Å². The molecular weight excluding hydrogens is 205 g/mol. The SMILES string of the molecule is CC(NCCO)c1ccc(Cl)c(F)c1. The summed E-state index contributed by atoms with van der Waals surface area (Å²) in [6, 6.07) is 4.70. The van der Waals surface area contributed by atoms with Crippen molar-refractivity contribution in [3.63, 3.8) is 0 Å². The Bertz CT molecular complexity index is 306. The first kappa shape index (κ1) is 11.4. The molecule has 0 aromatic heterocycles. The molecule has 0 aliphatic carbocycles. The summed E-state index contributed by atoms with van der Waals surface area (Å²) in [6.45, 7) is 2.46. The number of halogens is 2. The maximum absolute atomic E-state index is 13.1. The first-order valence-corrected chi connectivity index (χ1v) is 4.82. The van der Waals surface area contributed by atoms with E-state index in [0.29, 0.717) is 6.54 Å². The van der Waals surface area contributed by atoms with Crippen molar-refractivity contribution in [2.24, 2.45) is 0 Å². The molecule has 0 amide bonds. The highest BCUT2D eigenvalue weighted by Gasteiger charge is 2.06. The summed E-state index contributed by atoms with van der Waals surface area (Å²) in [5.74, 6) is -0.415. The van der Waals surface area contributed by atoms with Crippen LogP contribution in [0.25, 0.3) is 0 Å². The highest BCUT2D eigenvalue weighted by atomic mass is 35.5. The lowest BCUT2D eigenvalue weighted by atomic mass is 10.1. The minimum absolute atomic E-state index is 0.00826. The third-order valence-corrected chi connectivity index (χ3v) is 2.31. The van der Waals surface area contributed by atoms with E-state index in [4.69, 9.17) is 16.7 Å². The minimum atomic E-state index is -0.415. The van der Waals surface area contributed by atoms with Gasteiger partial charge in [0.1, 0.15) is 5.82 Å². The van der Waals surface area contributed by atoms with Gasteiger partial charge in [0, 0.05) is 12.6 Å². The van der Waals surface area contributed by atoms with E-state index in [2.05, 4.69) is 5.32 Å². The zero-order chi connectivity index (χ0) is 10.6. The first-order valence-electron chi connectivity index (χ1n) is 4.44. The second kappa shape index (κ2) is 5.29. The van der Waals surface area contributed by atoms with Gasteiger partial charge in [0.15, 0.2) is 0 Å². The standard InChI is InChI=1S/C10H13ClFNO/c1-7(13-4-5-14)8-2-3-9(11)10(12)6-8/h2-3,6-7,13-14H,4-5H2,1H3. The lowest BCUT2D eigenvalue weighted by Crippen LogP contribution is -2.22. The van der Waals surface area contributed by atoms with Crippen LogP contribution in [-0.2, 0) is 0 Å². The Balaban J connectivity index is 2.70. The fraction of sp³-hybridized carbons (Fsp3) is 0.400. The van der Waals surface area contributed by atoms with Crippen molar-refractivity contribution in [1.82, 2.24) is 5.32 Å². The molecule has 1 unspecified atom stereocenters. The largest absolute Gasteiger partial charge is 0.395 e. The predicted octanol–water partition coefficient (Wildman–Crippen LogP) is 2.12. The summed E-state index contributed by atoms with van der Waals surface area (Å²) in [6.07, 6.45) is 0. The fourth-order valence-corrected chi connectivity index (χ4v) is 1.30. The van der Waals surface area contributed by atoms with Gasteiger partial charge in [-0.1, -0.05) is 17.7 Å². The Morgan fingerprint density at radius 1 is 1.57 bits per heavy atom. The molecular formula is C10H13ClFNO. The quantitative estimate of drug-likeness (QED) is 0.810. The predicted molar refractivity (Wildman–Crippen MR) is 54.9 cm³/mol. The van der Waals surface area contributed by atoms with Gasteiger partial charge in [0.25, 0.3) is 0 Å². The molecule has 1 aromatic rings. The van der Waals surface area contributed by atoms with E-state index in [1.165, 1.54) is 12.1 Å². The maximum atomic E-state index is 13.1. The second-order valence-electron chi connectivity index (χ2n) is 3.07. The monoisotopic (exact) mass is 217 g/mol. The normalized spacial score (nSPS) is 12.9. The van der Waals surface area contributed by atoms with Crippen LogP contribution in [0.15, 0.2) is 18.2 Å². The van der Waals surface area contributed by atoms with Crippen molar-refractivity contribution in [1.29, 1.82) is 0 Å². The molecule has 78 valence electrons. The lowest BCUT2D eigenvalue weighted by Gasteiger charge is -2.13. The van der Waals surface area contributed by atoms with Crippen molar-refractivity contribution in [3.05, 3.63) is 34.6 Å². The van der Waals surface area contributed by atoms with Crippen molar-refractivity contribution in [3.8, 4) is 0 Å². The van der Waals surface area contributed by atoms with Gasteiger partial charge in [-0.05, 0) is 24.6 Å². The molecule has 0 bridgehead atoms. The van der Waals surface area contributed by atoms with Crippen LogP contribution in [0.4, 0.5) is 4.39 Å². The molecule has 1 rings (SSSR count). The Labute approximate surface area is 87.7 Å². The van der Waals surface area contributed by atoms with E-state index in [1.807, 2.05) is 6.92 Å². The number of hydrogen-bond acceptors (Lipinski definition) is 2. The number of aliphatic hydroxyl groups is 1. The maximum Gasteiger partial charge on any atom is 0.142 e. The van der Waals surface area contributed by atoms with E-state index < -0.39 is 5.82 Å². The first-order chi connectivity index (χ1) is 6.65. The van der Waals surface area contributed by atoms with Crippen molar-refractivity contribution in [2.45, 2.75) is 13.0 Å². The highest BCUT2D eigenvalue weighted by Crippen LogP contribution is 2.19. The molecule has 0 saturated heterocycles. The van der Waals surface area contributed by atoms with Crippen LogP contribution in [0.3, 0.4) is 0 Å². The number of hydrogen-bond donors (Lipinski definition) is 2. The van der Waals surface area contributed by atoms with Gasteiger partial charge in [-0.15, -0.1) is 0 Å². The van der Waals surface area contributed by atoms with Gasteiger partial charge in [0.05, 0.1) is 11.6 Å². The van der Waals surface area contributed by atoms with Gasteiger partial charge in [0.2, 0.25) is 0 Å². The van der Waals surface area contributed by atoms with E-state index >= 15 is 0 Å². The van der Waals surface area contributed by atoms with Crippen LogP contribution >= 0.6 is 11.6 Å². The average molecular weight is 218 g/mol. The zero-order valence-corrected chi connectivity index (χ0v) is 8.68. The van der Waals surface area contributed by atoms with Gasteiger partial charge in [-0.25, -0.2) is 4.39 Å². The molecule has 1 aromatic carbocycles. The third-order valence-electron chi connectivity index (χ3n) is 2.01. The second-order valence-corrected chi connectivity index (χ2v) is 3.48. The van der Waals surface area contributed by atoms with Gasteiger partial charge in [-0.3, -0.25) is 0 Å². The van der Waals surface area contributed by atoms with Crippen LogP contribution in [0.5, 0.6) is 0 Å². The smallest absolute Gasteiger partial charge is 0.142 e. The van der Waals surface area contributed by atoms with Crippen LogP contribution in [0.1, 0.15) is 18.5 Å². The van der Waals surface area contributed by atoms with Crippen LogP contribution in [0.2, 0.25) is 5.02 Å². The van der Waals surface area contributed by atoms with E-state index in [0.717, 1.165) is 5.56 Å². The molecule has 4 heteroatoms. The minimum Gasteiger partial charge on any atom is -0.395 e. The summed E-state index contributed by atoms with van der Waals surface area (Å²) in [7, 11) is 0. The van der Waals surface area contributed by atoms with Crippen LogP contribution < -0.4 is 5.32 Å². The van der Waals surface area contributed by atoms with E-state index in [1.54, 1.807) is 6.07 Å². The Hall–Kier alpha value is -0.640. The van der Waals surface area contributed by atoms with E-state index in [-0.39, 0.29) is 17.7 Å². The lowest BCUT2D eigenvalue weighted by molar-refractivity contribution is 0.286. The third kappa shape index (κ3) is 2.94. The fourth-order valence-electron chi connectivity index (χ4n) is 1.18. The van der Waals surface area contributed by atoms with Gasteiger partial charge in [-0.2, -0.15) is 0 Å². The van der Waals surface area contributed by atoms with Crippen LogP contribution in [0, 0.1) is 5.82 Å². The molecule has 0 heterocycles. The zero-order valence-electron chi connectivity index (χ0n) is 7.93. The Morgan fingerprint density at radius 3 is 2.86 bits per heavy atom. The summed E-state index contributed by atoms with van der Waals surface area (Å²) < 4.78 is 13.1. The molecule has 0 radical (unpaired) electrons. The molecule has 0 fully saturated rings. The van der Waals surface area contributed by atoms with Crippen molar-refractivity contribution < 1.29 is 9.50 Å². The molecule has 0 aliphatic rings. The van der Waals surface area contributed by atoms with E-state index in [9.17, 15) is 4.39 Å². The summed E-state index contributed by atoms with van der Waals surface area (Å²) in [4.78, 5) is 0. The van der Waals surface area contributed by atoms with Crippen LogP contribution in [-0.4, -0.2) is 18.3 Å². The van der Waals surface area contributed by atoms with Gasteiger partial charge >= 0.3 is 0 Å². The Kier molecular flexibility index (Phi) is 4.32. The molecule has 1 atom stereocenters. The summed E-state index contributed by atoms with van der Waals surface area (Å²) in [5, 5.41) is 11.8. The number of aliphatic hydroxyl groups excluding tert-OH is 1.